The Kier molecular flexibility index (Phi) is 5.60. The normalized spacial score (nSPS) is 12.3. The van der Waals surface area contributed by atoms with E-state index < -0.39 is 0 Å². The van der Waals surface area contributed by atoms with Crippen LogP contribution in [0.4, 0.5) is 0 Å². The molecular weight excluding hydrogens is 270 g/mol. The highest BCUT2D eigenvalue weighted by atomic mass is 35.5. The second kappa shape index (κ2) is 7.44. The third-order valence-corrected chi connectivity index (χ3v) is 3.61. The van der Waals surface area contributed by atoms with Crippen molar-refractivity contribution in [3.63, 3.8) is 0 Å². The Hall–Kier alpha value is -1.35. The van der Waals surface area contributed by atoms with Gasteiger partial charge in [-0.05, 0) is 42.3 Å². The second-order valence-electron chi connectivity index (χ2n) is 4.76. The van der Waals surface area contributed by atoms with Crippen LogP contribution in [0.1, 0.15) is 22.7 Å². The lowest BCUT2D eigenvalue weighted by Crippen LogP contribution is -2.17. The zero-order chi connectivity index (χ0) is 14.4. The molecule has 2 rings (SSSR count). The first kappa shape index (κ1) is 15.0. The van der Waals surface area contributed by atoms with E-state index in [1.54, 1.807) is 7.11 Å². The van der Waals surface area contributed by atoms with Crippen molar-refractivity contribution < 1.29 is 4.74 Å². The molecule has 0 amide bonds. The maximum Gasteiger partial charge on any atom is 0.0574 e. The Bertz CT molecular complexity index is 539. The monoisotopic (exact) mass is 289 g/mol. The van der Waals surface area contributed by atoms with Gasteiger partial charge in [-0.1, -0.05) is 48.0 Å². The Labute approximate surface area is 125 Å². The number of halogens is 1. The van der Waals surface area contributed by atoms with Crippen molar-refractivity contribution in [2.75, 3.05) is 20.8 Å². The van der Waals surface area contributed by atoms with Crippen LogP contribution >= 0.6 is 11.6 Å². The molecule has 2 nitrogen and oxygen atoms in total. The molecule has 0 spiro atoms. The number of benzene rings is 2. The quantitative estimate of drug-likeness (QED) is 0.872. The highest BCUT2D eigenvalue weighted by Crippen LogP contribution is 2.24. The largest absolute Gasteiger partial charge is 0.384 e. The van der Waals surface area contributed by atoms with Crippen LogP contribution in [-0.4, -0.2) is 20.8 Å². The van der Waals surface area contributed by atoms with Gasteiger partial charge < -0.3 is 10.1 Å². The minimum Gasteiger partial charge on any atom is -0.384 e. The maximum absolute atomic E-state index is 6.07. The number of rotatable bonds is 6. The van der Waals surface area contributed by atoms with E-state index in [4.69, 9.17) is 16.3 Å². The molecule has 0 aliphatic carbocycles. The lowest BCUT2D eigenvalue weighted by Gasteiger charge is -2.18. The van der Waals surface area contributed by atoms with Crippen LogP contribution in [0.15, 0.2) is 48.5 Å². The fourth-order valence-corrected chi connectivity index (χ4v) is 2.51. The molecule has 1 atom stereocenters. The Morgan fingerprint density at radius 1 is 1.10 bits per heavy atom. The summed E-state index contributed by atoms with van der Waals surface area (Å²) >= 11 is 6.07. The molecule has 2 aromatic rings. The van der Waals surface area contributed by atoms with Gasteiger partial charge in [0, 0.05) is 12.1 Å². The van der Waals surface area contributed by atoms with Crippen LogP contribution in [0, 0.1) is 0 Å². The van der Waals surface area contributed by atoms with Crippen molar-refractivity contribution in [3.8, 4) is 0 Å². The molecule has 0 bridgehead atoms. The fraction of sp³-hybridized carbons (Fsp3) is 0.294. The van der Waals surface area contributed by atoms with Crippen LogP contribution in [0.3, 0.4) is 0 Å². The summed E-state index contributed by atoms with van der Waals surface area (Å²) in [6.45, 7) is 0.753. The molecule has 0 radical (unpaired) electrons. The number of nitrogens with one attached hydrogen (secondary N) is 1. The minimum absolute atomic E-state index is 0.158. The highest BCUT2D eigenvalue weighted by Gasteiger charge is 2.11. The molecule has 3 heteroatoms. The molecule has 106 valence electrons. The average Bonchev–Trinajstić information content (AvgIpc) is 2.47. The van der Waals surface area contributed by atoms with Crippen LogP contribution in [-0.2, 0) is 11.2 Å². The van der Waals surface area contributed by atoms with Crippen molar-refractivity contribution in [2.45, 2.75) is 12.5 Å². The topological polar surface area (TPSA) is 21.3 Å². The van der Waals surface area contributed by atoms with Crippen molar-refractivity contribution in [1.29, 1.82) is 0 Å². The summed E-state index contributed by atoms with van der Waals surface area (Å²) in [5.41, 5.74) is 3.69. The molecular formula is C17H20ClNO. The number of hydrogen-bond donors (Lipinski definition) is 1. The van der Waals surface area contributed by atoms with Gasteiger partial charge in [0.15, 0.2) is 0 Å². The molecule has 0 aliphatic rings. The predicted molar refractivity (Wildman–Crippen MR) is 84.4 cm³/mol. The number of methoxy groups -OCH3 is 1. The summed E-state index contributed by atoms with van der Waals surface area (Å²) in [6.07, 6.45) is 0.943. The van der Waals surface area contributed by atoms with E-state index in [1.165, 1.54) is 16.7 Å². The van der Waals surface area contributed by atoms with Crippen molar-refractivity contribution in [2.24, 2.45) is 0 Å². The first-order valence-electron chi connectivity index (χ1n) is 6.75. The molecule has 20 heavy (non-hydrogen) atoms. The molecule has 0 aromatic heterocycles. The average molecular weight is 290 g/mol. The summed E-state index contributed by atoms with van der Waals surface area (Å²) in [7, 11) is 3.69. The Morgan fingerprint density at radius 3 is 2.45 bits per heavy atom. The second-order valence-corrected chi connectivity index (χ2v) is 5.20. The third-order valence-electron chi connectivity index (χ3n) is 3.38. The molecule has 0 heterocycles. The molecule has 1 unspecified atom stereocenters. The molecule has 0 saturated heterocycles. The van der Waals surface area contributed by atoms with Gasteiger partial charge in [0.25, 0.3) is 0 Å². The highest BCUT2D eigenvalue weighted by molar-refractivity contribution is 6.30. The molecule has 0 aliphatic heterocycles. The molecule has 0 saturated carbocycles. The molecule has 2 aromatic carbocycles. The first-order chi connectivity index (χ1) is 9.74. The summed E-state index contributed by atoms with van der Waals surface area (Å²) < 4.78 is 5.10. The van der Waals surface area contributed by atoms with Crippen LogP contribution in [0.2, 0.25) is 5.02 Å². The summed E-state index contributed by atoms with van der Waals surface area (Å²) in [5, 5.41) is 4.10. The Balaban J connectivity index is 2.19. The van der Waals surface area contributed by atoms with Crippen molar-refractivity contribution in [3.05, 3.63) is 70.2 Å². The first-order valence-corrected chi connectivity index (χ1v) is 7.13. The van der Waals surface area contributed by atoms with Crippen LogP contribution < -0.4 is 5.32 Å². The van der Waals surface area contributed by atoms with E-state index in [0.717, 1.165) is 18.1 Å². The zero-order valence-corrected chi connectivity index (χ0v) is 12.7. The van der Waals surface area contributed by atoms with Gasteiger partial charge in [0.1, 0.15) is 0 Å². The van der Waals surface area contributed by atoms with E-state index in [0.29, 0.717) is 0 Å². The van der Waals surface area contributed by atoms with Gasteiger partial charge in [-0.15, -0.1) is 0 Å². The predicted octanol–water partition coefficient (Wildman–Crippen LogP) is 3.84. The van der Waals surface area contributed by atoms with E-state index in [-0.39, 0.29) is 6.04 Å². The smallest absolute Gasteiger partial charge is 0.0574 e. The fourth-order valence-electron chi connectivity index (χ4n) is 2.31. The van der Waals surface area contributed by atoms with Crippen LogP contribution in [0.25, 0.3) is 0 Å². The van der Waals surface area contributed by atoms with E-state index in [2.05, 4.69) is 35.6 Å². The van der Waals surface area contributed by atoms with Crippen molar-refractivity contribution >= 4 is 11.6 Å². The van der Waals surface area contributed by atoms with Gasteiger partial charge in [-0.3, -0.25) is 0 Å². The number of ether oxygens (including phenoxy) is 1. The standard InChI is InChI=1S/C17H20ClNO/c1-19-17(15-4-3-5-16(18)12-15)14-8-6-13(7-9-14)10-11-20-2/h3-9,12,17,19H,10-11H2,1-2H3. The number of hydrogen-bond acceptors (Lipinski definition) is 2. The van der Waals surface area contributed by atoms with E-state index >= 15 is 0 Å². The summed E-state index contributed by atoms with van der Waals surface area (Å²) in [5.74, 6) is 0. The van der Waals surface area contributed by atoms with Gasteiger partial charge in [-0.25, -0.2) is 0 Å². The van der Waals surface area contributed by atoms with Gasteiger partial charge >= 0.3 is 0 Å². The minimum atomic E-state index is 0.158. The van der Waals surface area contributed by atoms with Gasteiger partial charge in [0.05, 0.1) is 12.6 Å². The van der Waals surface area contributed by atoms with Crippen molar-refractivity contribution in [1.82, 2.24) is 5.32 Å². The SMILES string of the molecule is CNC(c1ccc(CCOC)cc1)c1cccc(Cl)c1. The van der Waals surface area contributed by atoms with E-state index in [1.807, 2.05) is 25.2 Å². The molecule has 0 fully saturated rings. The zero-order valence-electron chi connectivity index (χ0n) is 11.9. The lowest BCUT2D eigenvalue weighted by molar-refractivity contribution is 0.202. The lowest BCUT2D eigenvalue weighted by atomic mass is 9.97. The van der Waals surface area contributed by atoms with Crippen LogP contribution in [0.5, 0.6) is 0 Å². The van der Waals surface area contributed by atoms with E-state index in [9.17, 15) is 0 Å². The third kappa shape index (κ3) is 3.83. The summed E-state index contributed by atoms with van der Waals surface area (Å²) in [4.78, 5) is 0. The Morgan fingerprint density at radius 2 is 1.85 bits per heavy atom. The van der Waals surface area contributed by atoms with Gasteiger partial charge in [0.2, 0.25) is 0 Å². The summed E-state index contributed by atoms with van der Waals surface area (Å²) in [6, 6.07) is 16.8. The molecule has 1 N–H and O–H groups in total. The van der Waals surface area contributed by atoms with Gasteiger partial charge in [-0.2, -0.15) is 0 Å². The maximum atomic E-state index is 6.07.